The summed E-state index contributed by atoms with van der Waals surface area (Å²) in [5, 5.41) is 9.25. The number of aliphatic hydroxyl groups is 1. The van der Waals surface area contributed by atoms with Gasteiger partial charge in [-0.15, -0.1) is 0 Å². The van der Waals surface area contributed by atoms with Crippen molar-refractivity contribution in [1.29, 1.82) is 0 Å². The first-order valence-electron chi connectivity index (χ1n) is 5.79. The maximum absolute atomic E-state index is 12.2. The van der Waals surface area contributed by atoms with Gasteiger partial charge in [0.2, 0.25) is 0 Å². The van der Waals surface area contributed by atoms with Crippen molar-refractivity contribution in [1.82, 2.24) is 4.90 Å². The van der Waals surface area contributed by atoms with Crippen molar-refractivity contribution >= 4 is 15.7 Å². The fourth-order valence-electron chi connectivity index (χ4n) is 1.43. The molecule has 0 aliphatic heterocycles. The first-order valence-corrected chi connectivity index (χ1v) is 7.68. The lowest BCUT2D eigenvalue weighted by molar-refractivity contribution is 0.0473. The van der Waals surface area contributed by atoms with Crippen molar-refractivity contribution in [3.8, 4) is 0 Å². The van der Waals surface area contributed by atoms with Crippen LogP contribution in [0.5, 0.6) is 0 Å². The third-order valence-corrected chi connectivity index (χ3v) is 4.22. The highest BCUT2D eigenvalue weighted by atomic mass is 32.2. The Hall–Kier alpha value is -1.40. The van der Waals surface area contributed by atoms with E-state index in [0.717, 1.165) is 6.26 Å². The van der Waals surface area contributed by atoms with Crippen LogP contribution in [0.2, 0.25) is 0 Å². The molecule has 0 atom stereocenters. The predicted molar refractivity (Wildman–Crippen MR) is 72.8 cm³/mol. The molecular weight excluding hydrogens is 266 g/mol. The Balaban J connectivity index is 3.15. The molecule has 1 rings (SSSR count). The molecule has 1 aromatic carbocycles. The molecule has 5 nitrogen and oxygen atoms in total. The number of nitrogens with zero attached hydrogens (tertiary/aromatic N) is 1. The Kier molecular flexibility index (Phi) is 4.37. The van der Waals surface area contributed by atoms with Gasteiger partial charge in [0.25, 0.3) is 5.91 Å². The second-order valence-electron chi connectivity index (χ2n) is 5.13. The largest absolute Gasteiger partial charge is 0.394 e. The number of carbonyl (C=O) groups excluding carboxylic acids is 1. The van der Waals surface area contributed by atoms with E-state index in [1.807, 2.05) is 0 Å². The van der Waals surface area contributed by atoms with Gasteiger partial charge in [-0.1, -0.05) is 6.07 Å². The fourth-order valence-corrected chi connectivity index (χ4v) is 2.10. The first kappa shape index (κ1) is 15.7. The normalized spacial score (nSPS) is 12.3. The van der Waals surface area contributed by atoms with Gasteiger partial charge < -0.3 is 10.0 Å². The Morgan fingerprint density at radius 3 is 2.42 bits per heavy atom. The van der Waals surface area contributed by atoms with Crippen LogP contribution in [-0.2, 0) is 9.84 Å². The van der Waals surface area contributed by atoms with Crippen molar-refractivity contribution in [3.63, 3.8) is 0 Å². The van der Waals surface area contributed by atoms with Gasteiger partial charge in [0.15, 0.2) is 9.84 Å². The predicted octanol–water partition coefficient (Wildman–Crippen LogP) is 0.933. The molecule has 0 radical (unpaired) electrons. The zero-order valence-electron chi connectivity index (χ0n) is 11.5. The first-order chi connectivity index (χ1) is 8.59. The molecule has 0 saturated heterocycles. The van der Waals surface area contributed by atoms with Crippen molar-refractivity contribution in [2.45, 2.75) is 24.3 Å². The average molecular weight is 285 g/mol. The number of amides is 1. The summed E-state index contributed by atoms with van der Waals surface area (Å²) >= 11 is 0. The molecule has 0 aliphatic rings. The van der Waals surface area contributed by atoms with Crippen LogP contribution in [0.4, 0.5) is 0 Å². The molecule has 1 amide bonds. The van der Waals surface area contributed by atoms with E-state index >= 15 is 0 Å². The second-order valence-corrected chi connectivity index (χ2v) is 7.15. The highest BCUT2D eigenvalue weighted by molar-refractivity contribution is 7.90. The molecule has 1 aromatic rings. The van der Waals surface area contributed by atoms with E-state index in [1.54, 1.807) is 27.0 Å². The van der Waals surface area contributed by atoms with Crippen molar-refractivity contribution < 1.29 is 18.3 Å². The quantitative estimate of drug-likeness (QED) is 0.893. The van der Waals surface area contributed by atoms with Gasteiger partial charge >= 0.3 is 0 Å². The number of aliphatic hydroxyl groups excluding tert-OH is 1. The van der Waals surface area contributed by atoms with Gasteiger partial charge in [0, 0.05) is 18.9 Å². The summed E-state index contributed by atoms with van der Waals surface area (Å²) < 4.78 is 22.9. The Morgan fingerprint density at radius 1 is 1.37 bits per heavy atom. The van der Waals surface area contributed by atoms with E-state index < -0.39 is 15.4 Å². The maximum atomic E-state index is 12.2. The summed E-state index contributed by atoms with van der Waals surface area (Å²) in [4.78, 5) is 13.8. The lowest BCUT2D eigenvalue weighted by Crippen LogP contribution is -2.47. The average Bonchev–Trinajstić information content (AvgIpc) is 2.36. The summed E-state index contributed by atoms with van der Waals surface area (Å²) in [6.07, 6.45) is 1.10. The fraction of sp³-hybridized carbons (Fsp3) is 0.462. The minimum absolute atomic E-state index is 0.105. The smallest absolute Gasteiger partial charge is 0.254 e. The molecule has 1 N–H and O–H groups in total. The van der Waals surface area contributed by atoms with Crippen LogP contribution in [0.25, 0.3) is 0 Å². The van der Waals surface area contributed by atoms with Gasteiger partial charge in [-0.2, -0.15) is 0 Å². The summed E-state index contributed by atoms with van der Waals surface area (Å²) in [6.45, 7) is 3.28. The van der Waals surface area contributed by atoms with Gasteiger partial charge in [-0.25, -0.2) is 8.42 Å². The molecule has 0 aliphatic carbocycles. The second kappa shape index (κ2) is 5.30. The molecule has 0 heterocycles. The van der Waals surface area contributed by atoms with Crippen LogP contribution >= 0.6 is 0 Å². The Labute approximate surface area is 113 Å². The number of sulfone groups is 1. The van der Waals surface area contributed by atoms with E-state index in [-0.39, 0.29) is 23.0 Å². The molecule has 106 valence electrons. The maximum Gasteiger partial charge on any atom is 0.254 e. The van der Waals surface area contributed by atoms with Gasteiger partial charge in [0.1, 0.15) is 0 Å². The lowest BCUT2D eigenvalue weighted by atomic mass is 10.0. The lowest BCUT2D eigenvalue weighted by Gasteiger charge is -2.34. The summed E-state index contributed by atoms with van der Waals surface area (Å²) in [5.74, 6) is -0.329. The monoisotopic (exact) mass is 285 g/mol. The molecule has 0 fully saturated rings. The van der Waals surface area contributed by atoms with E-state index in [2.05, 4.69) is 0 Å². The van der Waals surface area contributed by atoms with Crippen LogP contribution in [0.3, 0.4) is 0 Å². The number of carbonyl (C=O) groups is 1. The molecule has 0 saturated carbocycles. The molecule has 0 bridgehead atoms. The highest BCUT2D eigenvalue weighted by Gasteiger charge is 2.27. The molecule has 6 heteroatoms. The van der Waals surface area contributed by atoms with E-state index in [1.165, 1.54) is 23.1 Å². The van der Waals surface area contributed by atoms with Crippen molar-refractivity contribution in [2.75, 3.05) is 19.9 Å². The molecular formula is C13H19NO4S. The minimum Gasteiger partial charge on any atom is -0.394 e. The minimum atomic E-state index is -3.35. The van der Waals surface area contributed by atoms with E-state index in [9.17, 15) is 18.3 Å². The standard InChI is InChI=1S/C13H19NO4S/c1-13(2,9-15)14(3)12(16)10-6-5-7-11(8-10)19(4,17)18/h5-8,15H,9H2,1-4H3. The van der Waals surface area contributed by atoms with E-state index in [0.29, 0.717) is 0 Å². The Morgan fingerprint density at radius 2 is 1.95 bits per heavy atom. The van der Waals surface area contributed by atoms with Crippen LogP contribution in [0.15, 0.2) is 29.2 Å². The van der Waals surface area contributed by atoms with Crippen LogP contribution in [-0.4, -0.2) is 49.8 Å². The number of hydrogen-bond acceptors (Lipinski definition) is 4. The Bertz CT molecular complexity index is 578. The van der Waals surface area contributed by atoms with Gasteiger partial charge in [0.05, 0.1) is 17.0 Å². The zero-order chi connectivity index (χ0) is 14.8. The molecule has 19 heavy (non-hydrogen) atoms. The number of rotatable bonds is 4. The molecule has 0 spiro atoms. The summed E-state index contributed by atoms with van der Waals surface area (Å²) in [6, 6.07) is 5.88. The van der Waals surface area contributed by atoms with E-state index in [4.69, 9.17) is 0 Å². The van der Waals surface area contributed by atoms with Crippen LogP contribution in [0, 0.1) is 0 Å². The number of benzene rings is 1. The molecule has 0 aromatic heterocycles. The van der Waals surface area contributed by atoms with Gasteiger partial charge in [-0.05, 0) is 32.0 Å². The zero-order valence-corrected chi connectivity index (χ0v) is 12.4. The van der Waals surface area contributed by atoms with Gasteiger partial charge in [-0.3, -0.25) is 4.79 Å². The highest BCUT2D eigenvalue weighted by Crippen LogP contribution is 2.17. The third-order valence-electron chi connectivity index (χ3n) is 3.11. The summed E-state index contributed by atoms with van der Waals surface area (Å²) in [7, 11) is -1.77. The topological polar surface area (TPSA) is 74.7 Å². The summed E-state index contributed by atoms with van der Waals surface area (Å²) in [5.41, 5.74) is -0.426. The number of hydrogen-bond donors (Lipinski definition) is 1. The third kappa shape index (κ3) is 3.54. The van der Waals surface area contributed by atoms with Crippen molar-refractivity contribution in [3.05, 3.63) is 29.8 Å². The SMILES string of the molecule is CN(C(=O)c1cccc(S(C)(=O)=O)c1)C(C)(C)CO. The van der Waals surface area contributed by atoms with Crippen molar-refractivity contribution in [2.24, 2.45) is 0 Å². The van der Waals surface area contributed by atoms with Crippen LogP contribution in [0.1, 0.15) is 24.2 Å². The number of likely N-dealkylation sites (N-methyl/N-ethyl adjacent to an activating group) is 1. The molecule has 0 unspecified atom stereocenters. The van der Waals surface area contributed by atoms with Crippen LogP contribution < -0.4 is 0 Å².